The maximum Gasteiger partial charge on any atom is 0.280 e. The van der Waals surface area contributed by atoms with Gasteiger partial charge in [-0.1, -0.05) is 6.07 Å². The Morgan fingerprint density at radius 2 is 1.86 bits per heavy atom. The van der Waals surface area contributed by atoms with Crippen molar-refractivity contribution in [2.75, 3.05) is 6.61 Å². The lowest BCUT2D eigenvalue weighted by atomic mass is 10.2. The zero-order valence-corrected chi connectivity index (χ0v) is 11.3. The number of rotatable bonds is 6. The van der Waals surface area contributed by atoms with Crippen LogP contribution in [0.5, 0.6) is 17.2 Å². The van der Waals surface area contributed by atoms with Gasteiger partial charge in [-0.3, -0.25) is 14.9 Å². The van der Waals surface area contributed by atoms with E-state index in [1.165, 1.54) is 18.2 Å². The summed E-state index contributed by atoms with van der Waals surface area (Å²) in [6.07, 6.45) is 0.432. The first kappa shape index (κ1) is 14.5. The lowest BCUT2D eigenvalue weighted by Gasteiger charge is -2.08. The summed E-state index contributed by atoms with van der Waals surface area (Å²) in [5.74, 6) is 1.52. The van der Waals surface area contributed by atoms with E-state index in [2.05, 4.69) is 0 Å². The molecule has 0 unspecified atom stereocenters. The Balaban J connectivity index is 2.25. The number of benzene rings is 2. The molecule has 0 saturated carbocycles. The average Bonchev–Trinajstić information content (AvgIpc) is 2.47. The van der Waals surface area contributed by atoms with Crippen LogP contribution in [0.4, 0.5) is 5.69 Å². The second-order valence-electron chi connectivity index (χ2n) is 4.11. The van der Waals surface area contributed by atoms with Crippen LogP contribution in [0.1, 0.15) is 17.3 Å². The molecule has 21 heavy (non-hydrogen) atoms. The molecular weight excluding hydrogens is 274 g/mol. The third kappa shape index (κ3) is 3.56. The Labute approximate surface area is 121 Å². The summed E-state index contributed by atoms with van der Waals surface area (Å²) >= 11 is 0. The van der Waals surface area contributed by atoms with Crippen LogP contribution in [-0.4, -0.2) is 17.8 Å². The average molecular weight is 287 g/mol. The number of nitrogens with zero attached hydrogens (tertiary/aromatic N) is 1. The van der Waals surface area contributed by atoms with Gasteiger partial charge in [-0.05, 0) is 31.2 Å². The molecule has 0 heterocycles. The summed E-state index contributed by atoms with van der Waals surface area (Å²) in [4.78, 5) is 21.0. The number of carbonyl (C=O) groups is 1. The van der Waals surface area contributed by atoms with Gasteiger partial charge in [0.25, 0.3) is 5.69 Å². The number of nitro benzene ring substituents is 1. The van der Waals surface area contributed by atoms with E-state index in [4.69, 9.17) is 9.47 Å². The van der Waals surface area contributed by atoms with E-state index in [1.54, 1.807) is 24.3 Å². The van der Waals surface area contributed by atoms with Crippen LogP contribution < -0.4 is 9.47 Å². The van der Waals surface area contributed by atoms with Gasteiger partial charge in [-0.15, -0.1) is 0 Å². The largest absolute Gasteiger partial charge is 0.494 e. The van der Waals surface area contributed by atoms with E-state index in [9.17, 15) is 14.9 Å². The molecule has 0 N–H and O–H groups in total. The van der Waals surface area contributed by atoms with Gasteiger partial charge in [0.1, 0.15) is 17.2 Å². The molecule has 0 aliphatic rings. The van der Waals surface area contributed by atoms with E-state index in [0.717, 1.165) is 0 Å². The fraction of sp³-hybridized carbons (Fsp3) is 0.133. The van der Waals surface area contributed by atoms with Crippen molar-refractivity contribution in [1.29, 1.82) is 0 Å². The quantitative estimate of drug-likeness (QED) is 0.461. The molecule has 6 nitrogen and oxygen atoms in total. The molecule has 0 radical (unpaired) electrons. The van der Waals surface area contributed by atoms with Gasteiger partial charge in [0.15, 0.2) is 6.29 Å². The Bertz CT molecular complexity index is 669. The summed E-state index contributed by atoms with van der Waals surface area (Å²) in [6, 6.07) is 11.0. The van der Waals surface area contributed by atoms with E-state index in [-0.39, 0.29) is 11.3 Å². The van der Waals surface area contributed by atoms with Gasteiger partial charge >= 0.3 is 0 Å². The van der Waals surface area contributed by atoms with Crippen LogP contribution in [0.25, 0.3) is 0 Å². The molecule has 6 heteroatoms. The van der Waals surface area contributed by atoms with Crippen LogP contribution in [0.3, 0.4) is 0 Å². The fourth-order valence-corrected chi connectivity index (χ4v) is 1.79. The van der Waals surface area contributed by atoms with E-state index in [1.807, 2.05) is 6.92 Å². The molecule has 2 aromatic rings. The summed E-state index contributed by atoms with van der Waals surface area (Å²) in [5.41, 5.74) is -0.279. The monoisotopic (exact) mass is 287 g/mol. The Kier molecular flexibility index (Phi) is 4.50. The van der Waals surface area contributed by atoms with E-state index in [0.29, 0.717) is 30.1 Å². The minimum atomic E-state index is -0.608. The van der Waals surface area contributed by atoms with Gasteiger partial charge in [0.2, 0.25) is 0 Å². The van der Waals surface area contributed by atoms with E-state index >= 15 is 0 Å². The molecule has 0 atom stereocenters. The molecule has 0 saturated heterocycles. The zero-order valence-electron chi connectivity index (χ0n) is 11.3. The highest BCUT2D eigenvalue weighted by molar-refractivity contribution is 5.82. The molecule has 2 rings (SSSR count). The number of carbonyl (C=O) groups excluding carboxylic acids is 1. The van der Waals surface area contributed by atoms with Crippen LogP contribution in [0, 0.1) is 10.1 Å². The third-order valence-electron chi connectivity index (χ3n) is 2.67. The molecule has 2 aromatic carbocycles. The fourth-order valence-electron chi connectivity index (χ4n) is 1.79. The minimum absolute atomic E-state index is 0.0292. The maximum absolute atomic E-state index is 10.9. The molecular formula is C15H13NO5. The number of nitro groups is 1. The highest BCUT2D eigenvalue weighted by Gasteiger charge is 2.14. The topological polar surface area (TPSA) is 78.7 Å². The first-order valence-corrected chi connectivity index (χ1v) is 6.28. The maximum atomic E-state index is 10.9. The van der Waals surface area contributed by atoms with Crippen LogP contribution in [-0.2, 0) is 0 Å². The van der Waals surface area contributed by atoms with Crippen molar-refractivity contribution in [1.82, 2.24) is 0 Å². The molecule has 0 amide bonds. The number of ether oxygens (including phenoxy) is 2. The normalized spacial score (nSPS) is 9.95. The summed E-state index contributed by atoms with van der Waals surface area (Å²) in [5, 5.41) is 10.8. The predicted molar refractivity (Wildman–Crippen MR) is 76.2 cm³/mol. The Morgan fingerprint density at radius 3 is 2.52 bits per heavy atom. The first-order valence-electron chi connectivity index (χ1n) is 6.28. The van der Waals surface area contributed by atoms with Crippen molar-refractivity contribution in [3.8, 4) is 17.2 Å². The van der Waals surface area contributed by atoms with Crippen molar-refractivity contribution in [2.24, 2.45) is 0 Å². The number of hydrogen-bond donors (Lipinski definition) is 0. The van der Waals surface area contributed by atoms with Gasteiger partial charge in [0, 0.05) is 12.1 Å². The molecule has 0 aromatic heterocycles. The van der Waals surface area contributed by atoms with Crippen molar-refractivity contribution in [2.45, 2.75) is 6.92 Å². The predicted octanol–water partition coefficient (Wildman–Crippen LogP) is 3.60. The standard InChI is InChI=1S/C15H13NO5/c1-2-20-12-4-3-5-13(9-12)21-14-6-7-15(16(18)19)11(8-14)10-17/h3-10H,2H2,1H3. The third-order valence-corrected chi connectivity index (χ3v) is 2.67. The Morgan fingerprint density at radius 1 is 1.14 bits per heavy atom. The van der Waals surface area contributed by atoms with Crippen molar-refractivity contribution in [3.63, 3.8) is 0 Å². The van der Waals surface area contributed by atoms with Crippen molar-refractivity contribution < 1.29 is 19.2 Å². The van der Waals surface area contributed by atoms with Gasteiger partial charge < -0.3 is 9.47 Å². The first-order chi connectivity index (χ1) is 10.1. The summed E-state index contributed by atoms with van der Waals surface area (Å²) in [7, 11) is 0. The SMILES string of the molecule is CCOc1cccc(Oc2ccc([N+](=O)[O-])c(C=O)c2)c1. The van der Waals surface area contributed by atoms with Gasteiger partial charge in [0.05, 0.1) is 17.1 Å². The molecule has 108 valence electrons. The Hall–Kier alpha value is -2.89. The van der Waals surface area contributed by atoms with Crippen LogP contribution in [0.15, 0.2) is 42.5 Å². The van der Waals surface area contributed by atoms with Crippen LogP contribution in [0.2, 0.25) is 0 Å². The zero-order chi connectivity index (χ0) is 15.2. The molecule has 0 aliphatic carbocycles. The molecule has 0 aliphatic heterocycles. The number of aldehydes is 1. The van der Waals surface area contributed by atoms with Crippen molar-refractivity contribution in [3.05, 3.63) is 58.1 Å². The summed E-state index contributed by atoms with van der Waals surface area (Å²) in [6.45, 7) is 2.41. The smallest absolute Gasteiger partial charge is 0.280 e. The van der Waals surface area contributed by atoms with Crippen molar-refractivity contribution >= 4 is 12.0 Å². The van der Waals surface area contributed by atoms with Gasteiger partial charge in [-0.25, -0.2) is 0 Å². The molecule has 0 spiro atoms. The highest BCUT2D eigenvalue weighted by atomic mass is 16.6. The number of hydrogen-bond acceptors (Lipinski definition) is 5. The van der Waals surface area contributed by atoms with Crippen LogP contribution >= 0.6 is 0 Å². The summed E-state index contributed by atoms with van der Waals surface area (Å²) < 4.78 is 10.9. The lowest BCUT2D eigenvalue weighted by molar-refractivity contribution is -0.385. The second-order valence-corrected chi connectivity index (χ2v) is 4.11. The molecule has 0 bridgehead atoms. The second kappa shape index (κ2) is 6.51. The minimum Gasteiger partial charge on any atom is -0.494 e. The van der Waals surface area contributed by atoms with E-state index < -0.39 is 4.92 Å². The highest BCUT2D eigenvalue weighted by Crippen LogP contribution is 2.28. The van der Waals surface area contributed by atoms with Gasteiger partial charge in [-0.2, -0.15) is 0 Å². The molecule has 0 fully saturated rings. The lowest BCUT2D eigenvalue weighted by Crippen LogP contribution is -1.95.